The predicted molar refractivity (Wildman–Crippen MR) is 118 cm³/mol. The minimum Gasteiger partial charge on any atom is -0.469 e. The number of methoxy groups -OCH3 is 1. The summed E-state index contributed by atoms with van der Waals surface area (Å²) in [6.45, 7) is 4.10. The van der Waals surface area contributed by atoms with Crippen LogP contribution in [0.15, 0.2) is 0 Å². The molecule has 1 N–H and O–H groups in total. The van der Waals surface area contributed by atoms with Crippen LogP contribution >= 0.6 is 15.9 Å². The van der Waals surface area contributed by atoms with E-state index < -0.39 is 68.2 Å². The highest BCUT2D eigenvalue weighted by molar-refractivity contribution is 9.10. The van der Waals surface area contributed by atoms with Gasteiger partial charge in [-0.25, -0.2) is 0 Å². The van der Waals surface area contributed by atoms with E-state index in [-0.39, 0.29) is 12.5 Å². The van der Waals surface area contributed by atoms with E-state index in [9.17, 15) is 24.3 Å². The summed E-state index contributed by atoms with van der Waals surface area (Å²) in [4.78, 5) is 51.0. The maximum atomic E-state index is 13.5. The second kappa shape index (κ2) is 7.18. The third-order valence-corrected chi connectivity index (χ3v) is 11.1. The molecule has 5 aliphatic rings. The molecule has 0 unspecified atom stereocenters. The number of ether oxygens (including phenoxy) is 4. The Bertz CT molecular complexity index is 983. The zero-order chi connectivity index (χ0) is 24.9. The third-order valence-electron chi connectivity index (χ3n) is 9.83. The summed E-state index contributed by atoms with van der Waals surface area (Å²) in [7, 11) is 1.32. The third kappa shape index (κ3) is 2.59. The zero-order valence-electron chi connectivity index (χ0n) is 19.9. The lowest BCUT2D eigenvalue weighted by Crippen LogP contribution is -2.55. The van der Waals surface area contributed by atoms with Crippen molar-refractivity contribution in [1.29, 1.82) is 0 Å². The molecule has 1 spiro atoms. The van der Waals surface area contributed by atoms with Gasteiger partial charge in [0.2, 0.25) is 0 Å². The van der Waals surface area contributed by atoms with Gasteiger partial charge in [0.05, 0.1) is 24.0 Å². The van der Waals surface area contributed by atoms with E-state index in [1.807, 2.05) is 0 Å². The molecule has 34 heavy (non-hydrogen) atoms. The first-order valence-corrected chi connectivity index (χ1v) is 12.6. The lowest BCUT2D eigenvalue weighted by atomic mass is 9.58. The molecule has 1 heterocycles. The number of alkyl halides is 1. The molecule has 9 atom stereocenters. The number of aliphatic hydroxyl groups is 1. The molecule has 1 saturated heterocycles. The van der Waals surface area contributed by atoms with Gasteiger partial charge in [-0.3, -0.25) is 19.2 Å². The Balaban J connectivity index is 1.70. The molecule has 10 heteroatoms. The molecule has 4 aliphatic carbocycles. The Hall–Kier alpha value is -1.68. The largest absolute Gasteiger partial charge is 0.469 e. The smallest absolute Gasteiger partial charge is 0.316 e. The Morgan fingerprint density at radius 2 is 1.85 bits per heavy atom. The quantitative estimate of drug-likeness (QED) is 0.322. The average molecular weight is 543 g/mol. The fraction of sp³-hybridized carbons (Fsp3) is 0.833. The molecule has 0 aromatic rings. The van der Waals surface area contributed by atoms with E-state index in [1.54, 1.807) is 6.92 Å². The standard InChI is InChI=1S/C24H31BrO9/c1-12(27)32-15-6-8-24-14-5-7-23(33-13(2)28)10-21(14,9-22(23,25)11-26)16(18(29)31-4)17(24)20(15,3)19(30)34-24/h14-17,26H,5-11H2,1-4H3/t14-,15+,16-,17-,20+,21+,22-,23-,24-/m1/s1. The van der Waals surface area contributed by atoms with Gasteiger partial charge in [-0.15, -0.1) is 0 Å². The van der Waals surface area contributed by atoms with Gasteiger partial charge >= 0.3 is 23.9 Å². The monoisotopic (exact) mass is 542 g/mol. The van der Waals surface area contributed by atoms with E-state index in [4.69, 9.17) is 18.9 Å². The predicted octanol–water partition coefficient (Wildman–Crippen LogP) is 2.05. The lowest BCUT2D eigenvalue weighted by Gasteiger charge is -2.47. The van der Waals surface area contributed by atoms with Gasteiger partial charge in [0.1, 0.15) is 22.7 Å². The molecule has 188 valence electrons. The molecule has 0 radical (unpaired) electrons. The molecule has 0 aromatic heterocycles. The minimum absolute atomic E-state index is 0.187. The van der Waals surface area contributed by atoms with Gasteiger partial charge in [0, 0.05) is 25.7 Å². The van der Waals surface area contributed by atoms with Crippen LogP contribution in [0, 0.1) is 28.6 Å². The van der Waals surface area contributed by atoms with Gasteiger partial charge < -0.3 is 24.1 Å². The lowest BCUT2D eigenvalue weighted by molar-refractivity contribution is -0.173. The number of esters is 4. The van der Waals surface area contributed by atoms with Crippen molar-refractivity contribution in [2.24, 2.45) is 28.6 Å². The van der Waals surface area contributed by atoms with Gasteiger partial charge in [0.15, 0.2) is 0 Å². The second-order valence-corrected chi connectivity index (χ2v) is 12.6. The number of aliphatic hydroxyl groups excluding tert-OH is 1. The molecule has 5 rings (SSSR count). The van der Waals surface area contributed by atoms with Gasteiger partial charge in [-0.1, -0.05) is 15.9 Å². The van der Waals surface area contributed by atoms with Crippen molar-refractivity contribution < 1.29 is 43.2 Å². The highest BCUT2D eigenvalue weighted by Crippen LogP contribution is 2.80. The fourth-order valence-electron chi connectivity index (χ4n) is 8.96. The number of halogens is 1. The fourth-order valence-corrected chi connectivity index (χ4v) is 9.90. The molecule has 0 aromatic carbocycles. The Morgan fingerprint density at radius 1 is 1.15 bits per heavy atom. The first-order chi connectivity index (χ1) is 15.9. The van der Waals surface area contributed by atoms with E-state index in [0.717, 1.165) is 0 Å². The molecule has 4 saturated carbocycles. The van der Waals surface area contributed by atoms with E-state index in [1.165, 1.54) is 21.0 Å². The Morgan fingerprint density at radius 3 is 2.44 bits per heavy atom. The average Bonchev–Trinajstić information content (AvgIpc) is 3.17. The first-order valence-electron chi connectivity index (χ1n) is 11.8. The summed E-state index contributed by atoms with van der Waals surface area (Å²) in [5, 5.41) is 10.5. The minimum atomic E-state index is -1.21. The molecule has 9 nitrogen and oxygen atoms in total. The van der Waals surface area contributed by atoms with Crippen LogP contribution in [0.1, 0.15) is 59.3 Å². The van der Waals surface area contributed by atoms with Crippen molar-refractivity contribution in [3.8, 4) is 0 Å². The van der Waals surface area contributed by atoms with E-state index in [2.05, 4.69) is 15.9 Å². The van der Waals surface area contributed by atoms with Crippen LogP contribution in [-0.2, 0) is 38.1 Å². The van der Waals surface area contributed by atoms with Crippen molar-refractivity contribution in [2.45, 2.75) is 80.9 Å². The Kier molecular flexibility index (Phi) is 5.08. The second-order valence-electron chi connectivity index (χ2n) is 11.1. The molecule has 0 amide bonds. The van der Waals surface area contributed by atoms with Gasteiger partial charge in [0.25, 0.3) is 0 Å². The van der Waals surface area contributed by atoms with Crippen LogP contribution < -0.4 is 0 Å². The van der Waals surface area contributed by atoms with Crippen LogP contribution in [0.3, 0.4) is 0 Å². The molecular formula is C24H31BrO9. The van der Waals surface area contributed by atoms with E-state index >= 15 is 0 Å². The Labute approximate surface area is 206 Å². The zero-order valence-corrected chi connectivity index (χ0v) is 21.4. The summed E-state index contributed by atoms with van der Waals surface area (Å²) >= 11 is 3.73. The van der Waals surface area contributed by atoms with Crippen LogP contribution in [0.25, 0.3) is 0 Å². The number of rotatable bonds is 4. The van der Waals surface area contributed by atoms with Crippen molar-refractivity contribution >= 4 is 39.8 Å². The van der Waals surface area contributed by atoms with Crippen LogP contribution in [0.5, 0.6) is 0 Å². The van der Waals surface area contributed by atoms with E-state index in [0.29, 0.717) is 38.5 Å². The number of carbonyl (C=O) groups is 4. The SMILES string of the molecule is COC(=O)[C@H]1[C@H]2[C@@]3(CC[C@H](OC(C)=O)[C@]2(C)C(=O)O3)[C@@H]2CC[C@@]3(OC(C)=O)C[C@@]21C[C@@]3(Br)CO. The number of hydrogen-bond donors (Lipinski definition) is 1. The number of carbonyl (C=O) groups excluding carboxylic acids is 4. The molecule has 1 aliphatic heterocycles. The van der Waals surface area contributed by atoms with Crippen LogP contribution in [-0.4, -0.2) is 64.3 Å². The van der Waals surface area contributed by atoms with Crippen molar-refractivity contribution in [3.05, 3.63) is 0 Å². The summed E-state index contributed by atoms with van der Waals surface area (Å²) in [6, 6.07) is 0. The molecule has 5 fully saturated rings. The highest BCUT2D eigenvalue weighted by Gasteiger charge is 2.87. The number of fused-ring (bicyclic) bond motifs is 1. The van der Waals surface area contributed by atoms with Crippen molar-refractivity contribution in [3.63, 3.8) is 0 Å². The summed E-state index contributed by atoms with van der Waals surface area (Å²) in [5.74, 6) is -3.36. The molecular weight excluding hydrogens is 512 g/mol. The summed E-state index contributed by atoms with van der Waals surface area (Å²) in [5.41, 5.74) is -3.85. The van der Waals surface area contributed by atoms with Gasteiger partial charge in [-0.2, -0.15) is 0 Å². The number of hydrogen-bond acceptors (Lipinski definition) is 9. The first kappa shape index (κ1) is 24.0. The maximum absolute atomic E-state index is 13.5. The van der Waals surface area contributed by atoms with Gasteiger partial charge in [-0.05, 0) is 50.9 Å². The van der Waals surface area contributed by atoms with Crippen molar-refractivity contribution in [2.75, 3.05) is 13.7 Å². The maximum Gasteiger partial charge on any atom is 0.316 e. The molecule has 4 bridgehead atoms. The van der Waals surface area contributed by atoms with Crippen LogP contribution in [0.4, 0.5) is 0 Å². The highest BCUT2D eigenvalue weighted by atomic mass is 79.9. The van der Waals surface area contributed by atoms with Crippen molar-refractivity contribution in [1.82, 2.24) is 0 Å². The topological polar surface area (TPSA) is 125 Å². The summed E-state index contributed by atoms with van der Waals surface area (Å²) in [6.07, 6.45) is 1.94. The summed E-state index contributed by atoms with van der Waals surface area (Å²) < 4.78 is 22.1. The van der Waals surface area contributed by atoms with Crippen LogP contribution in [0.2, 0.25) is 0 Å². The normalized spacial score (nSPS) is 50.1.